The quantitative estimate of drug-likeness (QED) is 0.265. The van der Waals surface area contributed by atoms with Crippen molar-refractivity contribution in [1.82, 2.24) is 0 Å². The van der Waals surface area contributed by atoms with Crippen molar-refractivity contribution < 1.29 is 28.7 Å². The third-order valence-electron chi connectivity index (χ3n) is 8.96. The monoisotopic (exact) mass is 644 g/mol. The number of ether oxygens (including phenoxy) is 1. The molecule has 0 spiro atoms. The van der Waals surface area contributed by atoms with Crippen molar-refractivity contribution in [3.8, 4) is 0 Å². The zero-order chi connectivity index (χ0) is 28.9. The summed E-state index contributed by atoms with van der Waals surface area (Å²) < 4.78 is 3.88. The van der Waals surface area contributed by atoms with Crippen LogP contribution in [0.4, 0.5) is 11.4 Å². The Morgan fingerprint density at radius 3 is 1.62 bits per heavy atom. The molecule has 2 saturated heterocycles. The van der Waals surface area contributed by atoms with Gasteiger partial charge in [-0.3, -0.25) is 19.2 Å². The molecule has 7 rings (SSSR count). The molecule has 0 radical (unpaired) electrons. The largest absolute Gasteiger partial charge is 0.463 e. The van der Waals surface area contributed by atoms with Gasteiger partial charge in [0.25, 0.3) is 0 Å². The zero-order valence-electron chi connectivity index (χ0n) is 21.6. The van der Waals surface area contributed by atoms with Gasteiger partial charge in [0, 0.05) is 11.0 Å². The summed E-state index contributed by atoms with van der Waals surface area (Å²) >= 11 is 16.6. The van der Waals surface area contributed by atoms with Crippen LogP contribution in [0.15, 0.2) is 59.7 Å². The second-order valence-electron chi connectivity index (χ2n) is 10.6. The van der Waals surface area contributed by atoms with Crippen LogP contribution in [0.1, 0.15) is 20.8 Å². The van der Waals surface area contributed by atoms with Gasteiger partial charge >= 0.3 is 5.97 Å². The lowest BCUT2D eigenvalue weighted by molar-refractivity contribution is -0.152. The third kappa shape index (κ3) is 3.11. The van der Waals surface area contributed by atoms with Crippen LogP contribution in [0.2, 0.25) is 10.0 Å². The number of rotatable bonds is 4. The first-order valence-electron chi connectivity index (χ1n) is 12.8. The molecule has 2 aromatic carbocycles. The molecule has 5 aliphatic rings. The normalized spacial score (nSPS) is 32.6. The van der Waals surface area contributed by atoms with Gasteiger partial charge in [0.05, 0.1) is 56.0 Å². The number of anilines is 2. The smallest absolute Gasteiger partial charge is 0.334 e. The summed E-state index contributed by atoms with van der Waals surface area (Å²) in [6.45, 7) is 4.98. The Morgan fingerprint density at radius 2 is 1.23 bits per heavy atom. The summed E-state index contributed by atoms with van der Waals surface area (Å²) in [5.74, 6) is -7.52. The first kappa shape index (κ1) is 27.2. The molecular weight excluding hydrogens is 623 g/mol. The van der Waals surface area contributed by atoms with Crippen molar-refractivity contribution in [2.45, 2.75) is 25.1 Å². The number of benzene rings is 2. The molecular formula is C29H23BrCl2N2O6. The summed E-state index contributed by atoms with van der Waals surface area (Å²) in [5, 5.41) is 0.382. The topological polar surface area (TPSA) is 101 Å². The molecule has 4 amide bonds. The van der Waals surface area contributed by atoms with E-state index in [0.717, 1.165) is 9.80 Å². The standard InChI is InChI=1S/C29H23BrCl2N2O6/c1-4-40-27(39)18-13(2)29(30)21-19(23(35)33(25(21)37)16-11-7-5-9-14(16)31)28(18,3)20-22(29)26(38)34(24(20)36)17-12-8-6-10-15(17)32/h5-12,19-22H,4H2,1-3H3. The average molecular weight is 646 g/mol. The minimum absolute atomic E-state index is 0.0560. The maximum Gasteiger partial charge on any atom is 0.334 e. The fraction of sp³-hybridized carbons (Fsp3) is 0.345. The van der Waals surface area contributed by atoms with E-state index in [-0.39, 0.29) is 33.6 Å². The molecule has 3 fully saturated rings. The van der Waals surface area contributed by atoms with Crippen LogP contribution in [-0.4, -0.2) is 40.5 Å². The van der Waals surface area contributed by atoms with E-state index in [1.54, 1.807) is 69.3 Å². The van der Waals surface area contributed by atoms with Crippen molar-refractivity contribution in [2.24, 2.45) is 29.1 Å². The second-order valence-corrected chi connectivity index (χ2v) is 12.7. The number of halogens is 3. The number of hydrogen-bond acceptors (Lipinski definition) is 6. The summed E-state index contributed by atoms with van der Waals surface area (Å²) in [6.07, 6.45) is 0. The van der Waals surface area contributed by atoms with Gasteiger partial charge in [-0.1, -0.05) is 70.3 Å². The Bertz CT molecular complexity index is 1500. The van der Waals surface area contributed by atoms with E-state index in [9.17, 15) is 24.0 Å². The minimum Gasteiger partial charge on any atom is -0.463 e. The fourth-order valence-corrected chi connectivity index (χ4v) is 9.03. The van der Waals surface area contributed by atoms with E-state index in [2.05, 4.69) is 15.9 Å². The highest BCUT2D eigenvalue weighted by Crippen LogP contribution is 2.72. The highest BCUT2D eigenvalue weighted by Gasteiger charge is 2.81. The number of nitrogens with zero attached hydrogens (tertiary/aromatic N) is 2. The van der Waals surface area contributed by atoms with Crippen LogP contribution in [0.3, 0.4) is 0 Å². The SMILES string of the molecule is CCOC(=O)C1=C(C)C2(Br)C3C(=O)N(c4ccccc4Cl)C(=O)C3C1(C)C1C(=O)N(c3ccccc3Cl)C(=O)C12. The molecule has 2 aliphatic heterocycles. The van der Waals surface area contributed by atoms with Crippen LogP contribution >= 0.6 is 39.1 Å². The van der Waals surface area contributed by atoms with Crippen molar-refractivity contribution in [2.75, 3.05) is 16.4 Å². The molecule has 3 aliphatic carbocycles. The molecule has 2 aromatic rings. The Balaban J connectivity index is 1.61. The Hall–Kier alpha value is -3.01. The van der Waals surface area contributed by atoms with Crippen LogP contribution in [0.5, 0.6) is 0 Å². The van der Waals surface area contributed by atoms with E-state index >= 15 is 0 Å². The van der Waals surface area contributed by atoms with E-state index in [0.29, 0.717) is 5.57 Å². The molecule has 2 heterocycles. The number of carbonyl (C=O) groups is 5. The van der Waals surface area contributed by atoms with Crippen molar-refractivity contribution in [1.29, 1.82) is 0 Å². The van der Waals surface area contributed by atoms with E-state index in [1.165, 1.54) is 0 Å². The molecule has 206 valence electrons. The molecule has 8 nitrogen and oxygen atoms in total. The van der Waals surface area contributed by atoms with Crippen LogP contribution in [0, 0.1) is 29.1 Å². The predicted octanol–water partition coefficient (Wildman–Crippen LogP) is 4.95. The van der Waals surface area contributed by atoms with Crippen molar-refractivity contribution in [3.63, 3.8) is 0 Å². The average Bonchev–Trinajstić information content (AvgIpc) is 3.34. The Kier molecular flexibility index (Phi) is 6.11. The lowest BCUT2D eigenvalue weighted by Crippen LogP contribution is -2.67. The third-order valence-corrected chi connectivity index (χ3v) is 11.2. The van der Waals surface area contributed by atoms with Crippen LogP contribution in [-0.2, 0) is 28.7 Å². The maximum absolute atomic E-state index is 14.3. The predicted molar refractivity (Wildman–Crippen MR) is 151 cm³/mol. The number of esters is 1. The van der Waals surface area contributed by atoms with Gasteiger partial charge in [-0.2, -0.15) is 0 Å². The van der Waals surface area contributed by atoms with Gasteiger partial charge in [-0.15, -0.1) is 0 Å². The molecule has 40 heavy (non-hydrogen) atoms. The van der Waals surface area contributed by atoms with Crippen molar-refractivity contribution >= 4 is 80.1 Å². The summed E-state index contributed by atoms with van der Waals surface area (Å²) in [7, 11) is 0. The second kappa shape index (κ2) is 8.99. The van der Waals surface area contributed by atoms with Gasteiger partial charge < -0.3 is 4.74 Å². The number of amides is 4. The number of carbonyl (C=O) groups excluding carboxylic acids is 5. The molecule has 1 saturated carbocycles. The summed E-state index contributed by atoms with van der Waals surface area (Å²) in [4.78, 5) is 72.6. The number of imide groups is 2. The number of para-hydroxylation sites is 2. The summed E-state index contributed by atoms with van der Waals surface area (Å²) in [5.41, 5.74) is -0.641. The van der Waals surface area contributed by atoms with Gasteiger partial charge in [0.1, 0.15) is 0 Å². The van der Waals surface area contributed by atoms with Crippen LogP contribution < -0.4 is 9.80 Å². The highest BCUT2D eigenvalue weighted by molar-refractivity contribution is 9.10. The molecule has 0 N–H and O–H groups in total. The highest BCUT2D eigenvalue weighted by atomic mass is 79.9. The molecule has 11 heteroatoms. The Labute approximate surface area is 248 Å². The molecule has 2 bridgehead atoms. The first-order chi connectivity index (χ1) is 18.9. The minimum atomic E-state index is -1.55. The molecule has 4 atom stereocenters. The van der Waals surface area contributed by atoms with E-state index in [4.69, 9.17) is 27.9 Å². The maximum atomic E-state index is 14.3. The van der Waals surface area contributed by atoms with Crippen molar-refractivity contribution in [3.05, 3.63) is 69.7 Å². The number of alkyl halides is 1. The van der Waals surface area contributed by atoms with Crippen LogP contribution in [0.25, 0.3) is 0 Å². The first-order valence-corrected chi connectivity index (χ1v) is 14.3. The fourth-order valence-electron chi connectivity index (χ4n) is 7.47. The van der Waals surface area contributed by atoms with E-state index in [1.807, 2.05) is 0 Å². The zero-order valence-corrected chi connectivity index (χ0v) is 24.7. The van der Waals surface area contributed by atoms with E-state index < -0.39 is 63.0 Å². The van der Waals surface area contributed by atoms with Gasteiger partial charge in [-0.05, 0) is 43.7 Å². The number of hydrogen-bond donors (Lipinski definition) is 0. The lowest BCUT2D eigenvalue weighted by Gasteiger charge is -2.59. The Morgan fingerprint density at radius 1 is 0.825 bits per heavy atom. The number of allylic oxidation sites excluding steroid dienone is 1. The molecule has 0 aromatic heterocycles. The lowest BCUT2D eigenvalue weighted by atomic mass is 9.43. The van der Waals surface area contributed by atoms with Gasteiger partial charge in [0.2, 0.25) is 23.6 Å². The summed E-state index contributed by atoms with van der Waals surface area (Å²) in [6, 6.07) is 12.9. The van der Waals surface area contributed by atoms with Gasteiger partial charge in [0.15, 0.2) is 0 Å². The van der Waals surface area contributed by atoms with Gasteiger partial charge in [-0.25, -0.2) is 14.6 Å². The molecule has 4 unspecified atom stereocenters.